The second-order valence-electron chi connectivity index (χ2n) is 2.88. The molecule has 0 aromatic heterocycles. The fourth-order valence-electron chi connectivity index (χ4n) is 1.19. The van der Waals surface area contributed by atoms with Crippen LogP contribution in [-0.2, 0) is 6.54 Å². The molecule has 0 aliphatic carbocycles. The van der Waals surface area contributed by atoms with Crippen LogP contribution in [0.5, 0.6) is 5.75 Å². The second kappa shape index (κ2) is 5.83. The molecular weight excluding hydrogens is 242 g/mol. The Morgan fingerprint density at radius 3 is 3.00 bits per heavy atom. The van der Waals surface area contributed by atoms with Crippen LogP contribution in [0.25, 0.3) is 0 Å². The Balaban J connectivity index is 2.71. The van der Waals surface area contributed by atoms with Crippen molar-refractivity contribution in [2.75, 3.05) is 13.7 Å². The third kappa shape index (κ3) is 3.16. The molecule has 1 rings (SSSR count). The number of hydrogen-bond donors (Lipinski definition) is 1. The summed E-state index contributed by atoms with van der Waals surface area (Å²) < 4.78 is 6.31. The van der Waals surface area contributed by atoms with E-state index in [1.165, 1.54) is 0 Å². The molecule has 0 unspecified atom stereocenters. The third-order valence-corrected chi connectivity index (χ3v) is 2.34. The van der Waals surface area contributed by atoms with Crippen LogP contribution in [0.15, 0.2) is 35.3 Å². The van der Waals surface area contributed by atoms with Crippen LogP contribution in [0.1, 0.15) is 5.56 Å². The van der Waals surface area contributed by atoms with Crippen LogP contribution >= 0.6 is 15.9 Å². The molecule has 1 aromatic rings. The molecule has 0 fully saturated rings. The van der Waals surface area contributed by atoms with Gasteiger partial charge in [-0.3, -0.25) is 0 Å². The minimum Gasteiger partial charge on any atom is -0.496 e. The van der Waals surface area contributed by atoms with E-state index in [1.54, 1.807) is 7.11 Å². The maximum absolute atomic E-state index is 5.24. The largest absolute Gasteiger partial charge is 0.496 e. The van der Waals surface area contributed by atoms with Crippen molar-refractivity contribution in [1.82, 2.24) is 5.32 Å². The molecule has 0 aliphatic rings. The molecule has 2 nitrogen and oxygen atoms in total. The van der Waals surface area contributed by atoms with Crippen LogP contribution in [0.4, 0.5) is 0 Å². The second-order valence-corrected chi connectivity index (χ2v) is 3.79. The third-order valence-electron chi connectivity index (χ3n) is 1.85. The Labute approximate surface area is 93.1 Å². The molecule has 0 spiro atoms. The van der Waals surface area contributed by atoms with Gasteiger partial charge in [-0.15, -0.1) is 6.58 Å². The Morgan fingerprint density at radius 1 is 1.57 bits per heavy atom. The average Bonchev–Trinajstić information content (AvgIpc) is 2.19. The summed E-state index contributed by atoms with van der Waals surface area (Å²) in [4.78, 5) is 0. The summed E-state index contributed by atoms with van der Waals surface area (Å²) in [5.41, 5.74) is 1.14. The van der Waals surface area contributed by atoms with Gasteiger partial charge in [-0.1, -0.05) is 22.0 Å². The summed E-state index contributed by atoms with van der Waals surface area (Å²) in [6.07, 6.45) is 1.84. The van der Waals surface area contributed by atoms with E-state index in [9.17, 15) is 0 Å². The monoisotopic (exact) mass is 255 g/mol. The highest BCUT2D eigenvalue weighted by Crippen LogP contribution is 2.22. The zero-order valence-electron chi connectivity index (χ0n) is 8.22. The number of methoxy groups -OCH3 is 1. The lowest BCUT2D eigenvalue weighted by Crippen LogP contribution is -2.13. The van der Waals surface area contributed by atoms with Gasteiger partial charge in [-0.25, -0.2) is 0 Å². The fourth-order valence-corrected chi connectivity index (χ4v) is 1.60. The lowest BCUT2D eigenvalue weighted by Gasteiger charge is -2.09. The molecule has 0 saturated carbocycles. The Morgan fingerprint density at radius 2 is 2.36 bits per heavy atom. The van der Waals surface area contributed by atoms with Gasteiger partial charge in [-0.05, 0) is 18.2 Å². The molecule has 3 heteroatoms. The number of halogens is 1. The van der Waals surface area contributed by atoms with E-state index >= 15 is 0 Å². The van der Waals surface area contributed by atoms with Crippen molar-refractivity contribution in [2.45, 2.75) is 6.54 Å². The van der Waals surface area contributed by atoms with E-state index in [0.717, 1.165) is 28.9 Å². The zero-order valence-corrected chi connectivity index (χ0v) is 9.80. The van der Waals surface area contributed by atoms with Crippen molar-refractivity contribution in [3.63, 3.8) is 0 Å². The molecule has 1 aromatic carbocycles. The van der Waals surface area contributed by atoms with Crippen molar-refractivity contribution in [1.29, 1.82) is 0 Å². The van der Waals surface area contributed by atoms with E-state index in [2.05, 4.69) is 33.9 Å². The van der Waals surface area contributed by atoms with E-state index in [4.69, 9.17) is 4.74 Å². The van der Waals surface area contributed by atoms with Crippen molar-refractivity contribution >= 4 is 15.9 Å². The number of hydrogen-bond acceptors (Lipinski definition) is 2. The Kier molecular flexibility index (Phi) is 4.70. The number of nitrogens with one attached hydrogen (secondary N) is 1. The van der Waals surface area contributed by atoms with E-state index in [1.807, 2.05) is 18.2 Å². The topological polar surface area (TPSA) is 21.3 Å². The van der Waals surface area contributed by atoms with E-state index in [0.29, 0.717) is 0 Å². The summed E-state index contributed by atoms with van der Waals surface area (Å²) in [5, 5.41) is 3.23. The highest BCUT2D eigenvalue weighted by Gasteiger charge is 2.02. The number of rotatable bonds is 5. The minimum absolute atomic E-state index is 0.786. The SMILES string of the molecule is C=CCNCc1cc(Br)ccc1OC. The standard InChI is InChI=1S/C11H14BrNO/c1-3-6-13-8-9-7-10(12)4-5-11(9)14-2/h3-5,7,13H,1,6,8H2,2H3. The van der Waals surface area contributed by atoms with Gasteiger partial charge in [0.15, 0.2) is 0 Å². The van der Waals surface area contributed by atoms with Gasteiger partial charge in [0, 0.05) is 23.1 Å². The van der Waals surface area contributed by atoms with Gasteiger partial charge in [0.05, 0.1) is 7.11 Å². The highest BCUT2D eigenvalue weighted by atomic mass is 79.9. The molecule has 0 bridgehead atoms. The van der Waals surface area contributed by atoms with Crippen LogP contribution in [0.3, 0.4) is 0 Å². The molecule has 0 aliphatic heterocycles. The van der Waals surface area contributed by atoms with Crippen molar-refractivity contribution < 1.29 is 4.74 Å². The van der Waals surface area contributed by atoms with Crippen molar-refractivity contribution in [3.8, 4) is 5.75 Å². The Hall–Kier alpha value is -0.800. The molecule has 0 radical (unpaired) electrons. The first-order valence-electron chi connectivity index (χ1n) is 4.42. The minimum atomic E-state index is 0.786. The maximum Gasteiger partial charge on any atom is 0.123 e. The first kappa shape index (κ1) is 11.3. The highest BCUT2D eigenvalue weighted by molar-refractivity contribution is 9.10. The average molecular weight is 256 g/mol. The van der Waals surface area contributed by atoms with Crippen molar-refractivity contribution in [2.24, 2.45) is 0 Å². The predicted octanol–water partition coefficient (Wildman–Crippen LogP) is 2.73. The lowest BCUT2D eigenvalue weighted by atomic mass is 10.2. The van der Waals surface area contributed by atoms with Gasteiger partial charge in [-0.2, -0.15) is 0 Å². The van der Waals surface area contributed by atoms with Crippen molar-refractivity contribution in [3.05, 3.63) is 40.9 Å². The van der Waals surface area contributed by atoms with Crippen LogP contribution in [0.2, 0.25) is 0 Å². The maximum atomic E-state index is 5.24. The molecule has 0 saturated heterocycles. The van der Waals surface area contributed by atoms with Gasteiger partial charge >= 0.3 is 0 Å². The van der Waals surface area contributed by atoms with Gasteiger partial charge in [0.1, 0.15) is 5.75 Å². The molecule has 14 heavy (non-hydrogen) atoms. The molecule has 1 N–H and O–H groups in total. The number of ether oxygens (including phenoxy) is 1. The first-order chi connectivity index (χ1) is 6.77. The lowest BCUT2D eigenvalue weighted by molar-refractivity contribution is 0.408. The molecular formula is C11H14BrNO. The molecule has 0 amide bonds. The van der Waals surface area contributed by atoms with Crippen LogP contribution in [-0.4, -0.2) is 13.7 Å². The summed E-state index contributed by atoms with van der Waals surface area (Å²) >= 11 is 3.43. The summed E-state index contributed by atoms with van der Waals surface area (Å²) in [6.45, 7) is 5.24. The van der Waals surface area contributed by atoms with Crippen LogP contribution in [0, 0.1) is 0 Å². The molecule has 0 atom stereocenters. The molecule has 0 heterocycles. The van der Waals surface area contributed by atoms with Gasteiger partial charge in [0.2, 0.25) is 0 Å². The smallest absolute Gasteiger partial charge is 0.123 e. The zero-order chi connectivity index (χ0) is 10.4. The predicted molar refractivity (Wildman–Crippen MR) is 62.6 cm³/mol. The van der Waals surface area contributed by atoms with Crippen LogP contribution < -0.4 is 10.1 Å². The van der Waals surface area contributed by atoms with E-state index in [-0.39, 0.29) is 0 Å². The van der Waals surface area contributed by atoms with Gasteiger partial charge in [0.25, 0.3) is 0 Å². The van der Waals surface area contributed by atoms with Gasteiger partial charge < -0.3 is 10.1 Å². The summed E-state index contributed by atoms with van der Waals surface area (Å²) in [5.74, 6) is 0.907. The summed E-state index contributed by atoms with van der Waals surface area (Å²) in [7, 11) is 1.68. The number of benzene rings is 1. The normalized spacial score (nSPS) is 9.86. The summed E-state index contributed by atoms with van der Waals surface area (Å²) in [6, 6.07) is 5.97. The van der Waals surface area contributed by atoms with E-state index < -0.39 is 0 Å². The fraction of sp³-hybridized carbons (Fsp3) is 0.273. The quantitative estimate of drug-likeness (QED) is 0.646. The first-order valence-corrected chi connectivity index (χ1v) is 5.21. The molecule has 76 valence electrons. The Bertz CT molecular complexity index is 312.